The van der Waals surface area contributed by atoms with E-state index in [1.165, 1.54) is 7.11 Å². The number of nitro benzene ring substituents is 1. The van der Waals surface area contributed by atoms with Gasteiger partial charge in [0.2, 0.25) is 11.8 Å². The molecule has 3 N–H and O–H groups in total. The number of hydrazone groups is 1. The van der Waals surface area contributed by atoms with Crippen LogP contribution in [0, 0.1) is 24.0 Å². The molecule has 0 radical (unpaired) electrons. The number of nitro groups is 1. The van der Waals surface area contributed by atoms with Crippen LogP contribution in [0.15, 0.2) is 35.4 Å². The van der Waals surface area contributed by atoms with Gasteiger partial charge in [0.15, 0.2) is 11.5 Å². The Morgan fingerprint density at radius 1 is 1.20 bits per heavy atom. The number of amides is 2. The number of benzene rings is 2. The SMILES string of the molecule is COc1cc([N+](=O)[O-])cc(C=NNC(=O)CCC(=O)Nc2ccc(C)cc2C)c1O. The van der Waals surface area contributed by atoms with Crippen LogP contribution >= 0.6 is 0 Å². The summed E-state index contributed by atoms with van der Waals surface area (Å²) in [6, 6.07) is 7.77. The van der Waals surface area contributed by atoms with Crippen LogP contribution in [0.25, 0.3) is 0 Å². The Bertz CT molecular complexity index is 1000. The van der Waals surface area contributed by atoms with E-state index in [-0.39, 0.29) is 41.5 Å². The highest BCUT2D eigenvalue weighted by molar-refractivity contribution is 5.94. The predicted octanol–water partition coefficient (Wildman–Crippen LogP) is 2.79. The number of ether oxygens (including phenoxy) is 1. The number of phenols is 1. The molecule has 0 aliphatic rings. The summed E-state index contributed by atoms with van der Waals surface area (Å²) in [6.07, 6.45) is 0.890. The quantitative estimate of drug-likeness (QED) is 0.344. The number of anilines is 1. The molecule has 0 aliphatic heterocycles. The third-order valence-electron chi connectivity index (χ3n) is 4.15. The van der Waals surface area contributed by atoms with E-state index in [2.05, 4.69) is 15.8 Å². The zero-order chi connectivity index (χ0) is 22.3. The van der Waals surface area contributed by atoms with Gasteiger partial charge >= 0.3 is 0 Å². The first-order valence-electron chi connectivity index (χ1n) is 8.95. The summed E-state index contributed by atoms with van der Waals surface area (Å²) in [5, 5.41) is 27.4. The second kappa shape index (κ2) is 10.0. The Labute approximate surface area is 172 Å². The van der Waals surface area contributed by atoms with Crippen molar-refractivity contribution in [2.45, 2.75) is 26.7 Å². The van der Waals surface area contributed by atoms with Gasteiger partial charge in [0.05, 0.1) is 24.3 Å². The van der Waals surface area contributed by atoms with E-state index >= 15 is 0 Å². The van der Waals surface area contributed by atoms with Gasteiger partial charge in [-0.25, -0.2) is 5.43 Å². The fraction of sp³-hybridized carbons (Fsp3) is 0.250. The standard InChI is InChI=1S/C20H22N4O6/c1-12-4-5-16(13(2)8-12)22-18(25)6-7-19(26)23-21-11-14-9-15(24(28)29)10-17(30-3)20(14)27/h4-5,8-11,27H,6-7H2,1-3H3,(H,22,25)(H,23,26). The molecule has 0 unspecified atom stereocenters. The average molecular weight is 414 g/mol. The largest absolute Gasteiger partial charge is 0.504 e. The average Bonchev–Trinajstić information content (AvgIpc) is 2.69. The van der Waals surface area contributed by atoms with Gasteiger partial charge in [-0.1, -0.05) is 17.7 Å². The summed E-state index contributed by atoms with van der Waals surface area (Å²) in [5.41, 5.74) is 4.58. The van der Waals surface area contributed by atoms with Crippen LogP contribution in [0.3, 0.4) is 0 Å². The number of hydrogen-bond acceptors (Lipinski definition) is 7. The molecule has 0 spiro atoms. The first-order chi connectivity index (χ1) is 14.2. The summed E-state index contributed by atoms with van der Waals surface area (Å²) >= 11 is 0. The Hall–Kier alpha value is -3.95. The maximum atomic E-state index is 12.0. The molecule has 0 saturated heterocycles. The lowest BCUT2D eigenvalue weighted by Gasteiger charge is -2.09. The minimum absolute atomic E-state index is 0.00561. The molecule has 158 valence electrons. The number of phenolic OH excluding ortho intramolecular Hbond substituents is 1. The number of carbonyl (C=O) groups excluding carboxylic acids is 2. The molecule has 0 saturated carbocycles. The summed E-state index contributed by atoms with van der Waals surface area (Å²) in [7, 11) is 1.25. The zero-order valence-electron chi connectivity index (χ0n) is 16.8. The Balaban J connectivity index is 1.91. The second-order valence-electron chi connectivity index (χ2n) is 6.50. The molecule has 10 heteroatoms. The molecular formula is C20H22N4O6. The molecule has 0 bridgehead atoms. The van der Waals surface area contributed by atoms with Gasteiger partial charge in [-0.2, -0.15) is 5.10 Å². The van der Waals surface area contributed by atoms with Crippen LogP contribution in [0.2, 0.25) is 0 Å². The number of nitrogens with zero attached hydrogens (tertiary/aromatic N) is 2. The van der Waals surface area contributed by atoms with E-state index in [4.69, 9.17) is 4.74 Å². The molecule has 2 amide bonds. The van der Waals surface area contributed by atoms with Crippen molar-refractivity contribution in [2.75, 3.05) is 12.4 Å². The van der Waals surface area contributed by atoms with Gasteiger partial charge in [0, 0.05) is 30.2 Å². The Morgan fingerprint density at radius 2 is 1.90 bits per heavy atom. The van der Waals surface area contributed by atoms with Crippen LogP contribution < -0.4 is 15.5 Å². The van der Waals surface area contributed by atoms with Crippen molar-refractivity contribution in [3.8, 4) is 11.5 Å². The number of carbonyl (C=O) groups is 2. The third kappa shape index (κ3) is 6.03. The summed E-state index contributed by atoms with van der Waals surface area (Å²) in [6.45, 7) is 3.83. The van der Waals surface area contributed by atoms with Gasteiger partial charge in [-0.3, -0.25) is 19.7 Å². The summed E-state index contributed by atoms with van der Waals surface area (Å²) in [4.78, 5) is 34.2. The number of aryl methyl sites for hydroxylation is 2. The molecule has 0 fully saturated rings. The molecular weight excluding hydrogens is 392 g/mol. The fourth-order valence-electron chi connectivity index (χ4n) is 2.60. The van der Waals surface area contributed by atoms with E-state index in [1.807, 2.05) is 26.0 Å². The van der Waals surface area contributed by atoms with Crippen molar-refractivity contribution in [3.63, 3.8) is 0 Å². The Morgan fingerprint density at radius 3 is 2.53 bits per heavy atom. The van der Waals surface area contributed by atoms with E-state index < -0.39 is 10.8 Å². The fourth-order valence-corrected chi connectivity index (χ4v) is 2.60. The second-order valence-corrected chi connectivity index (χ2v) is 6.50. The van der Waals surface area contributed by atoms with E-state index in [1.54, 1.807) is 6.07 Å². The van der Waals surface area contributed by atoms with Crippen LogP contribution in [0.4, 0.5) is 11.4 Å². The maximum Gasteiger partial charge on any atom is 0.274 e. The molecule has 10 nitrogen and oxygen atoms in total. The number of rotatable bonds is 8. The lowest BCUT2D eigenvalue weighted by atomic mass is 10.1. The van der Waals surface area contributed by atoms with Crippen LogP contribution in [-0.2, 0) is 9.59 Å². The Kier molecular flexibility index (Phi) is 7.45. The number of hydrogen-bond donors (Lipinski definition) is 3. The molecule has 2 aromatic carbocycles. The van der Waals surface area contributed by atoms with Gasteiger partial charge < -0.3 is 15.2 Å². The summed E-state index contributed by atoms with van der Waals surface area (Å²) in [5.74, 6) is -1.30. The normalized spacial score (nSPS) is 10.6. The number of non-ortho nitro benzene ring substituents is 1. The van der Waals surface area contributed by atoms with Gasteiger partial charge in [0.1, 0.15) is 0 Å². The third-order valence-corrected chi connectivity index (χ3v) is 4.15. The lowest BCUT2D eigenvalue weighted by molar-refractivity contribution is -0.385. The highest BCUT2D eigenvalue weighted by Crippen LogP contribution is 2.33. The van der Waals surface area contributed by atoms with Gasteiger partial charge in [-0.15, -0.1) is 0 Å². The molecule has 0 heterocycles. The molecule has 0 aromatic heterocycles. The molecule has 0 atom stereocenters. The summed E-state index contributed by atoms with van der Waals surface area (Å²) < 4.78 is 4.88. The van der Waals surface area contributed by atoms with Crippen molar-refractivity contribution in [2.24, 2.45) is 5.10 Å². The van der Waals surface area contributed by atoms with E-state index in [9.17, 15) is 24.8 Å². The van der Waals surface area contributed by atoms with Crippen molar-refractivity contribution in [1.82, 2.24) is 5.43 Å². The zero-order valence-corrected chi connectivity index (χ0v) is 16.8. The number of nitrogens with one attached hydrogen (secondary N) is 2. The molecule has 30 heavy (non-hydrogen) atoms. The maximum absolute atomic E-state index is 12.0. The highest BCUT2D eigenvalue weighted by Gasteiger charge is 2.16. The van der Waals surface area contributed by atoms with E-state index in [0.717, 1.165) is 29.5 Å². The number of methoxy groups -OCH3 is 1. The molecule has 2 rings (SSSR count). The highest BCUT2D eigenvalue weighted by atomic mass is 16.6. The monoisotopic (exact) mass is 414 g/mol. The molecule has 0 aliphatic carbocycles. The smallest absolute Gasteiger partial charge is 0.274 e. The minimum Gasteiger partial charge on any atom is -0.504 e. The minimum atomic E-state index is -0.647. The van der Waals surface area contributed by atoms with Crippen molar-refractivity contribution < 1.29 is 24.4 Å². The van der Waals surface area contributed by atoms with E-state index in [0.29, 0.717) is 5.69 Å². The topological polar surface area (TPSA) is 143 Å². The first kappa shape index (κ1) is 22.3. The molecule has 2 aromatic rings. The lowest BCUT2D eigenvalue weighted by Crippen LogP contribution is -2.21. The van der Waals surface area contributed by atoms with Gasteiger partial charge in [-0.05, 0) is 25.5 Å². The van der Waals surface area contributed by atoms with Crippen LogP contribution in [0.1, 0.15) is 29.5 Å². The van der Waals surface area contributed by atoms with Crippen LogP contribution in [-0.4, -0.2) is 35.2 Å². The van der Waals surface area contributed by atoms with Crippen LogP contribution in [0.5, 0.6) is 11.5 Å². The van der Waals surface area contributed by atoms with Gasteiger partial charge in [0.25, 0.3) is 5.69 Å². The predicted molar refractivity (Wildman–Crippen MR) is 111 cm³/mol. The van der Waals surface area contributed by atoms with Crippen molar-refractivity contribution in [3.05, 3.63) is 57.1 Å². The first-order valence-corrected chi connectivity index (χ1v) is 8.95. The van der Waals surface area contributed by atoms with Crippen molar-refractivity contribution >= 4 is 29.4 Å². The van der Waals surface area contributed by atoms with Crippen molar-refractivity contribution in [1.29, 1.82) is 0 Å². The number of aromatic hydroxyl groups is 1.